The quantitative estimate of drug-likeness (QED) is 0.148. The molecule has 12 aromatic carbocycles. The van der Waals surface area contributed by atoms with Crippen molar-refractivity contribution in [3.8, 4) is 61.7 Å². The minimum absolute atomic E-state index is 0.151. The third-order valence-corrected chi connectivity index (χ3v) is 18.8. The van der Waals surface area contributed by atoms with Crippen LogP contribution in [0, 0.1) is 0 Å². The molecule has 2 aliphatic rings. The second kappa shape index (κ2) is 18.0. The number of hydrogen-bond donors (Lipinski definition) is 0. The largest absolute Gasteiger partial charge is 0.310 e. The molecule has 2 aliphatic carbocycles. The van der Waals surface area contributed by atoms with Gasteiger partial charge in [-0.15, -0.1) is 0 Å². The normalized spacial score (nSPS) is 13.7. The molecule has 4 nitrogen and oxygen atoms in total. The first kappa shape index (κ1) is 48.3. The van der Waals surface area contributed by atoms with Gasteiger partial charge in [-0.3, -0.25) is 0 Å². The summed E-state index contributed by atoms with van der Waals surface area (Å²) in [5.41, 5.74) is 27.7. The molecule has 0 saturated heterocycles. The number of hydrogen-bond acceptors (Lipinski definition) is 1. The summed E-state index contributed by atoms with van der Waals surface area (Å²) in [7, 11) is 0. The van der Waals surface area contributed by atoms with E-state index in [9.17, 15) is 0 Å². The first-order valence-corrected chi connectivity index (χ1v) is 29.4. The Bertz CT molecular complexity index is 5150. The maximum Gasteiger partial charge on any atom is 0.0638 e. The van der Waals surface area contributed by atoms with E-state index >= 15 is 0 Å². The number of fused-ring (bicyclic) bond motifs is 15. The van der Waals surface area contributed by atoms with Gasteiger partial charge in [-0.25, -0.2) is 0 Å². The SMILES string of the molecule is CC1(C)c2ccccc2-c2ccc(N(c3ccc(-c4ccccc4)cc3)c3ccc(-n4c5ccc(-c6ccc7c(c6)c6ccccc6n7-c6ccccc6)cc5c5ccc6c(c7c(n6-c6ccccc6)-c6ccccc6C7(C)C)c54)cc3)cc21. The molecule has 0 N–H and O–H groups in total. The number of benzene rings is 12. The van der Waals surface area contributed by atoms with Crippen molar-refractivity contribution >= 4 is 71.6 Å². The van der Waals surface area contributed by atoms with E-state index in [4.69, 9.17) is 0 Å². The number of rotatable bonds is 8. The van der Waals surface area contributed by atoms with E-state index in [1.165, 1.54) is 121 Å². The summed E-state index contributed by atoms with van der Waals surface area (Å²) < 4.78 is 7.50. The minimum Gasteiger partial charge on any atom is -0.310 e. The van der Waals surface area contributed by atoms with Gasteiger partial charge in [-0.2, -0.15) is 0 Å². The summed E-state index contributed by atoms with van der Waals surface area (Å²) in [5.74, 6) is 0. The summed E-state index contributed by atoms with van der Waals surface area (Å²) in [6.45, 7) is 9.59. The van der Waals surface area contributed by atoms with Crippen molar-refractivity contribution in [1.29, 1.82) is 0 Å². The molecule has 4 heteroatoms. The molecule has 0 spiro atoms. The molecule has 3 aromatic heterocycles. The average Bonchev–Trinajstić information content (AvgIpc) is 1.76. The van der Waals surface area contributed by atoms with Gasteiger partial charge < -0.3 is 18.6 Å². The lowest BCUT2D eigenvalue weighted by Gasteiger charge is -2.28. The highest BCUT2D eigenvalue weighted by molar-refractivity contribution is 6.22. The van der Waals surface area contributed by atoms with Crippen LogP contribution in [0.1, 0.15) is 49.9 Å². The summed E-state index contributed by atoms with van der Waals surface area (Å²) in [6, 6.07) is 104. The van der Waals surface area contributed by atoms with E-state index in [0.717, 1.165) is 34.1 Å². The van der Waals surface area contributed by atoms with E-state index in [1.54, 1.807) is 0 Å². The van der Waals surface area contributed by atoms with Crippen molar-refractivity contribution in [2.75, 3.05) is 4.90 Å². The lowest BCUT2D eigenvalue weighted by Crippen LogP contribution is -2.16. The van der Waals surface area contributed by atoms with Crippen molar-refractivity contribution in [2.24, 2.45) is 0 Å². The maximum absolute atomic E-state index is 2.57. The maximum atomic E-state index is 2.57. The van der Waals surface area contributed by atoms with E-state index in [0.29, 0.717) is 0 Å². The van der Waals surface area contributed by atoms with Crippen molar-refractivity contribution in [2.45, 2.75) is 38.5 Å². The molecule has 0 fully saturated rings. The average molecular weight is 1080 g/mol. The fourth-order valence-corrected chi connectivity index (χ4v) is 14.9. The van der Waals surface area contributed by atoms with Crippen LogP contribution in [0.2, 0.25) is 0 Å². The van der Waals surface area contributed by atoms with Crippen molar-refractivity contribution in [1.82, 2.24) is 13.7 Å². The third-order valence-electron chi connectivity index (χ3n) is 18.8. The predicted octanol–water partition coefficient (Wildman–Crippen LogP) is 21.2. The smallest absolute Gasteiger partial charge is 0.0638 e. The Balaban J connectivity index is 0.889. The number of aromatic nitrogens is 3. The molecule has 0 radical (unpaired) electrons. The zero-order chi connectivity index (χ0) is 56.0. The van der Waals surface area contributed by atoms with Gasteiger partial charge in [-0.05, 0) is 165 Å². The second-order valence-corrected chi connectivity index (χ2v) is 24.1. The Morgan fingerprint density at radius 3 is 1.45 bits per heavy atom. The molecule has 0 unspecified atom stereocenters. The number of nitrogens with zero attached hydrogens (tertiary/aromatic N) is 4. The molecule has 15 aromatic rings. The lowest BCUT2D eigenvalue weighted by atomic mass is 9.81. The van der Waals surface area contributed by atoms with Gasteiger partial charge in [0.25, 0.3) is 0 Å². The third kappa shape index (κ3) is 6.95. The van der Waals surface area contributed by atoms with Crippen LogP contribution >= 0.6 is 0 Å². The summed E-state index contributed by atoms with van der Waals surface area (Å²) in [6.07, 6.45) is 0. The molecular weight excluding hydrogens is 1020 g/mol. The van der Waals surface area contributed by atoms with Gasteiger partial charge in [-0.1, -0.05) is 198 Å². The number of anilines is 3. The van der Waals surface area contributed by atoms with Crippen molar-refractivity contribution < 1.29 is 0 Å². The van der Waals surface area contributed by atoms with Crippen molar-refractivity contribution in [3.05, 3.63) is 301 Å². The molecule has 0 atom stereocenters. The van der Waals surface area contributed by atoms with Gasteiger partial charge in [0.15, 0.2) is 0 Å². The van der Waals surface area contributed by atoms with Gasteiger partial charge in [0.2, 0.25) is 0 Å². The van der Waals surface area contributed by atoms with Crippen LogP contribution in [0.5, 0.6) is 0 Å². The van der Waals surface area contributed by atoms with Gasteiger partial charge in [0, 0.05) is 77.4 Å². The predicted molar refractivity (Wildman–Crippen MR) is 353 cm³/mol. The van der Waals surface area contributed by atoms with Gasteiger partial charge in [0.05, 0.1) is 33.3 Å². The molecule has 0 saturated carbocycles. The second-order valence-electron chi connectivity index (χ2n) is 24.1. The number of para-hydroxylation sites is 3. The monoisotopic (exact) mass is 1070 g/mol. The van der Waals surface area contributed by atoms with Crippen LogP contribution in [0.15, 0.2) is 279 Å². The molecule has 3 heterocycles. The zero-order valence-corrected chi connectivity index (χ0v) is 47.3. The summed E-state index contributed by atoms with van der Waals surface area (Å²) in [5, 5.41) is 6.22. The topological polar surface area (TPSA) is 18.0 Å². The first-order chi connectivity index (χ1) is 41.2. The molecule has 0 aliphatic heterocycles. The minimum atomic E-state index is -0.286. The van der Waals surface area contributed by atoms with E-state index in [2.05, 4.69) is 325 Å². The molecule has 84 heavy (non-hydrogen) atoms. The Hall–Kier alpha value is -10.4. The van der Waals surface area contributed by atoms with E-state index in [-0.39, 0.29) is 10.8 Å². The van der Waals surface area contributed by atoms with Crippen LogP contribution in [-0.2, 0) is 10.8 Å². The van der Waals surface area contributed by atoms with Crippen molar-refractivity contribution in [3.63, 3.8) is 0 Å². The Labute approximate surface area is 489 Å². The Morgan fingerprint density at radius 1 is 0.286 bits per heavy atom. The Morgan fingerprint density at radius 2 is 0.762 bits per heavy atom. The Kier molecular flexibility index (Phi) is 10.4. The highest BCUT2D eigenvalue weighted by atomic mass is 15.1. The van der Waals surface area contributed by atoms with Crippen LogP contribution in [0.4, 0.5) is 17.1 Å². The van der Waals surface area contributed by atoms with Crippen LogP contribution in [-0.4, -0.2) is 13.7 Å². The van der Waals surface area contributed by atoms with Gasteiger partial charge in [0.1, 0.15) is 0 Å². The van der Waals surface area contributed by atoms with Crippen LogP contribution in [0.25, 0.3) is 116 Å². The van der Waals surface area contributed by atoms with E-state index < -0.39 is 0 Å². The standard InChI is InChI=1S/C80H58N4/c1-79(2)68-29-17-14-26-61(68)62-43-42-60(50-70(62)79)81(57-36-32-52(33-37-57)51-20-8-5-9-21-51)58-38-40-59(41-39-58)83-73-46-35-54(53-34-45-72-66(48-53)63-27-16-19-31-71(63)82(72)55-22-10-6-11-23-55)49-67(73)64-44-47-74-75(77(64)83)76-78(84(74)56-24-12-7-13-25-56)65-28-15-18-30-69(65)80(76,3)4/h5-50H,1-4H3. The van der Waals surface area contributed by atoms with Gasteiger partial charge >= 0.3 is 0 Å². The lowest BCUT2D eigenvalue weighted by molar-refractivity contribution is 0.660. The molecule has 398 valence electrons. The van der Waals surface area contributed by atoms with Crippen LogP contribution in [0.3, 0.4) is 0 Å². The molecule has 17 rings (SSSR count). The summed E-state index contributed by atoms with van der Waals surface area (Å²) >= 11 is 0. The molecule has 0 amide bonds. The fourth-order valence-electron chi connectivity index (χ4n) is 14.9. The van der Waals surface area contributed by atoms with E-state index in [1.807, 2.05) is 0 Å². The fraction of sp³-hybridized carbons (Fsp3) is 0.0750. The first-order valence-electron chi connectivity index (χ1n) is 29.4. The molecule has 0 bridgehead atoms. The molecular formula is C80H58N4. The zero-order valence-electron chi connectivity index (χ0n) is 47.3. The highest BCUT2D eigenvalue weighted by Gasteiger charge is 2.42. The highest BCUT2D eigenvalue weighted by Crippen LogP contribution is 2.56. The summed E-state index contributed by atoms with van der Waals surface area (Å²) in [4.78, 5) is 2.44. The van der Waals surface area contributed by atoms with Crippen LogP contribution < -0.4 is 4.90 Å².